The summed E-state index contributed by atoms with van der Waals surface area (Å²) in [6.45, 7) is 3.89. The molecule has 1 fully saturated rings. The lowest BCUT2D eigenvalue weighted by Gasteiger charge is -2.30. The minimum absolute atomic E-state index is 0.105. The van der Waals surface area contributed by atoms with Crippen molar-refractivity contribution in [1.82, 2.24) is 0 Å². The lowest BCUT2D eigenvalue weighted by atomic mass is 9.72. The van der Waals surface area contributed by atoms with E-state index in [9.17, 15) is 14.8 Å². The van der Waals surface area contributed by atoms with E-state index >= 15 is 0 Å². The average molecular weight is 285 g/mol. The number of rotatable bonds is 3. The number of fused-ring (bicyclic) bond motifs is 1. The van der Waals surface area contributed by atoms with Gasteiger partial charge in [0.1, 0.15) is 0 Å². The third kappa shape index (κ3) is 1.76. The maximum Gasteiger partial charge on any atom is 0.324 e. The van der Waals surface area contributed by atoms with Crippen LogP contribution in [-0.4, -0.2) is 43.4 Å². The van der Waals surface area contributed by atoms with Gasteiger partial charge in [0.2, 0.25) is 5.71 Å². The topological polar surface area (TPSA) is 87.9 Å². The van der Waals surface area contributed by atoms with Crippen molar-refractivity contribution in [2.45, 2.75) is 20.3 Å². The van der Waals surface area contributed by atoms with Gasteiger partial charge in [0.15, 0.2) is 5.41 Å². The maximum absolute atomic E-state index is 12.3. The summed E-state index contributed by atoms with van der Waals surface area (Å²) in [6.07, 6.45) is 0.184. The third-order valence-electron chi connectivity index (χ3n) is 4.21. The number of esters is 2. The van der Waals surface area contributed by atoms with E-state index in [1.807, 2.05) is 13.8 Å². The summed E-state index contributed by atoms with van der Waals surface area (Å²) >= 11 is 0. The molecule has 1 aliphatic carbocycles. The van der Waals surface area contributed by atoms with E-state index in [4.69, 9.17) is 14.3 Å². The highest BCUT2D eigenvalue weighted by molar-refractivity contribution is 6.08. The number of hydrogen-bond acceptors (Lipinski definition) is 6. The molecule has 2 rings (SSSR count). The smallest absolute Gasteiger partial charge is 0.324 e. The van der Waals surface area contributed by atoms with Gasteiger partial charge in [-0.25, -0.2) is 0 Å². The molecule has 0 aromatic heterocycles. The quantitative estimate of drug-likeness (QED) is 0.426. The normalized spacial score (nSPS) is 27.2. The molecule has 0 spiro atoms. The Morgan fingerprint density at radius 2 is 1.90 bits per heavy atom. The average Bonchev–Trinajstić information content (AvgIpc) is 2.94. The van der Waals surface area contributed by atoms with Crippen LogP contribution >= 0.6 is 0 Å². The molecule has 1 heterocycles. The fourth-order valence-corrected chi connectivity index (χ4v) is 3.54. The highest BCUT2D eigenvalue weighted by atomic mass is 16.9. The number of nitrogens with zero attached hydrogens (tertiary/aromatic N) is 1. The van der Waals surface area contributed by atoms with Crippen molar-refractivity contribution in [3.63, 3.8) is 0 Å². The Labute approximate surface area is 117 Å². The van der Waals surface area contributed by atoms with Crippen LogP contribution in [0.3, 0.4) is 0 Å². The van der Waals surface area contributed by atoms with Gasteiger partial charge in [0.25, 0.3) is 0 Å². The van der Waals surface area contributed by atoms with Gasteiger partial charge in [0, 0.05) is 4.90 Å². The Kier molecular flexibility index (Phi) is 3.62. The van der Waals surface area contributed by atoms with Gasteiger partial charge in [0.05, 0.1) is 32.7 Å². The fraction of sp³-hybridized carbons (Fsp3) is 0.769. The van der Waals surface area contributed by atoms with Crippen molar-refractivity contribution in [3.8, 4) is 0 Å². The molecule has 112 valence electrons. The minimum Gasteiger partial charge on any atom is -0.468 e. The van der Waals surface area contributed by atoms with Gasteiger partial charge < -0.3 is 14.3 Å². The van der Waals surface area contributed by atoms with E-state index in [0.29, 0.717) is 10.6 Å². The molecule has 0 saturated heterocycles. The second-order valence-electron chi connectivity index (χ2n) is 5.55. The summed E-state index contributed by atoms with van der Waals surface area (Å²) in [7, 11) is 2.46. The van der Waals surface area contributed by atoms with Crippen molar-refractivity contribution in [1.29, 1.82) is 0 Å². The van der Waals surface area contributed by atoms with E-state index in [1.54, 1.807) is 0 Å². The predicted octanol–water partition coefficient (Wildman–Crippen LogP) is 0.507. The molecule has 0 N–H and O–H groups in total. The molecule has 0 unspecified atom stereocenters. The Bertz CT molecular complexity index is 453. The SMILES string of the molecule is COC(=O)C1(C(=O)OC)C[C@@H]2CO[N+]([O-])=C2[C@H]1C(C)C. The molecule has 0 aromatic rings. The molecular weight excluding hydrogens is 266 g/mol. The summed E-state index contributed by atoms with van der Waals surface area (Å²) in [5.74, 6) is -2.24. The van der Waals surface area contributed by atoms with Gasteiger partial charge in [-0.1, -0.05) is 13.8 Å². The number of methoxy groups -OCH3 is 2. The molecule has 0 aromatic carbocycles. The lowest BCUT2D eigenvalue weighted by Crippen LogP contribution is -2.48. The van der Waals surface area contributed by atoms with E-state index in [2.05, 4.69) is 0 Å². The van der Waals surface area contributed by atoms with Crippen LogP contribution in [0, 0.1) is 28.4 Å². The van der Waals surface area contributed by atoms with Crippen molar-refractivity contribution in [2.75, 3.05) is 20.8 Å². The molecular formula is C13H19NO6. The van der Waals surface area contributed by atoms with Gasteiger partial charge in [-0.15, -0.1) is 0 Å². The zero-order valence-electron chi connectivity index (χ0n) is 12.0. The molecule has 0 bridgehead atoms. The van der Waals surface area contributed by atoms with Gasteiger partial charge in [-0.2, -0.15) is 0 Å². The first kappa shape index (κ1) is 14.6. The van der Waals surface area contributed by atoms with Crippen LogP contribution in [0.2, 0.25) is 0 Å². The number of carbonyl (C=O) groups excluding carboxylic acids is 2. The van der Waals surface area contributed by atoms with Crippen LogP contribution in [0.15, 0.2) is 0 Å². The Balaban J connectivity index is 2.59. The Hall–Kier alpha value is -1.79. The van der Waals surface area contributed by atoms with Crippen molar-refractivity contribution in [2.24, 2.45) is 23.2 Å². The van der Waals surface area contributed by atoms with Crippen molar-refractivity contribution >= 4 is 17.7 Å². The van der Waals surface area contributed by atoms with E-state index < -0.39 is 23.3 Å². The molecule has 1 saturated carbocycles. The first-order valence-corrected chi connectivity index (χ1v) is 6.53. The highest BCUT2D eigenvalue weighted by Gasteiger charge is 2.68. The molecule has 20 heavy (non-hydrogen) atoms. The second kappa shape index (κ2) is 4.96. The van der Waals surface area contributed by atoms with Gasteiger partial charge >= 0.3 is 11.9 Å². The highest BCUT2D eigenvalue weighted by Crippen LogP contribution is 2.51. The largest absolute Gasteiger partial charge is 0.468 e. The molecule has 2 aliphatic rings. The first-order valence-electron chi connectivity index (χ1n) is 6.53. The zero-order valence-corrected chi connectivity index (χ0v) is 12.0. The fourth-order valence-electron chi connectivity index (χ4n) is 3.54. The summed E-state index contributed by atoms with van der Waals surface area (Å²) < 4.78 is 9.65. The van der Waals surface area contributed by atoms with Crippen molar-refractivity contribution in [3.05, 3.63) is 5.21 Å². The maximum atomic E-state index is 12.3. The van der Waals surface area contributed by atoms with Gasteiger partial charge in [-0.3, -0.25) is 14.8 Å². The van der Waals surface area contributed by atoms with Gasteiger partial charge in [-0.05, 0) is 12.3 Å². The minimum atomic E-state index is -1.45. The molecule has 1 aliphatic heterocycles. The Morgan fingerprint density at radius 1 is 1.35 bits per heavy atom. The van der Waals surface area contributed by atoms with E-state index in [0.717, 1.165) is 0 Å². The lowest BCUT2D eigenvalue weighted by molar-refractivity contribution is -0.732. The van der Waals surface area contributed by atoms with Crippen LogP contribution < -0.4 is 0 Å². The number of carbonyl (C=O) groups is 2. The second-order valence-corrected chi connectivity index (χ2v) is 5.55. The molecule has 0 radical (unpaired) electrons. The van der Waals surface area contributed by atoms with E-state index in [1.165, 1.54) is 14.2 Å². The van der Waals surface area contributed by atoms with Crippen LogP contribution in [0.4, 0.5) is 0 Å². The Morgan fingerprint density at radius 3 is 2.35 bits per heavy atom. The first-order chi connectivity index (χ1) is 9.40. The molecule has 2 atom stereocenters. The van der Waals surface area contributed by atoms with Crippen LogP contribution in [0.1, 0.15) is 20.3 Å². The summed E-state index contributed by atoms with van der Waals surface area (Å²) in [5, 5.41) is 11.8. The summed E-state index contributed by atoms with van der Waals surface area (Å²) in [6, 6.07) is 0. The number of hydrogen-bond donors (Lipinski definition) is 0. The summed E-state index contributed by atoms with van der Waals surface area (Å²) in [5.41, 5.74) is -1.01. The summed E-state index contributed by atoms with van der Waals surface area (Å²) in [4.78, 5) is 30.0. The standard InChI is InChI=1S/C13H19NO6/c1-7(2)9-10-8(6-20-14(10)17)5-13(9,11(15)18-3)12(16)19-4/h7-9H,5-6H2,1-4H3/t8-,9-/m1/s1. The zero-order chi connectivity index (χ0) is 15.1. The van der Waals surface area contributed by atoms with Crippen LogP contribution in [-0.2, 0) is 23.9 Å². The van der Waals surface area contributed by atoms with Crippen molar-refractivity contribution < 1.29 is 28.8 Å². The van der Waals surface area contributed by atoms with E-state index in [-0.39, 0.29) is 24.9 Å². The molecule has 7 heteroatoms. The molecule has 7 nitrogen and oxygen atoms in total. The monoisotopic (exact) mass is 285 g/mol. The molecule has 0 amide bonds. The third-order valence-corrected chi connectivity index (χ3v) is 4.21. The predicted molar refractivity (Wildman–Crippen MR) is 67.5 cm³/mol. The van der Waals surface area contributed by atoms with Crippen LogP contribution in [0.25, 0.3) is 0 Å². The van der Waals surface area contributed by atoms with Crippen LogP contribution in [0.5, 0.6) is 0 Å². The number of ether oxygens (including phenoxy) is 2.